The number of carbonyl (C=O) groups is 3. The van der Waals surface area contributed by atoms with E-state index < -0.39 is 29.8 Å². The molecule has 6 N–H and O–H groups in total. The zero-order chi connectivity index (χ0) is 24.8. The number of carbonyl (C=O) groups excluding carboxylic acids is 3. The first kappa shape index (κ1) is 33.5. The molecule has 0 fully saturated rings. The molecule has 7 nitrogen and oxygen atoms in total. The van der Waals surface area contributed by atoms with E-state index in [9.17, 15) is 14.4 Å². The Labute approximate surface area is 227 Å². The lowest BCUT2D eigenvalue weighted by Crippen LogP contribution is -2.51. The summed E-state index contributed by atoms with van der Waals surface area (Å²) in [5.41, 5.74) is 14.7. The van der Waals surface area contributed by atoms with E-state index in [0.717, 1.165) is 44.1 Å². The van der Waals surface area contributed by atoms with Crippen molar-refractivity contribution in [1.29, 1.82) is 0 Å². The first-order valence-electron chi connectivity index (χ1n) is 12.1. The summed E-state index contributed by atoms with van der Waals surface area (Å²) >= 11 is 0. The Bertz CT molecular complexity index is 911. The topological polar surface area (TPSA) is 127 Å². The molecule has 0 aliphatic heterocycles. The second-order valence-electron chi connectivity index (χ2n) is 8.72. The highest BCUT2D eigenvalue weighted by atomic mass is 35.5. The van der Waals surface area contributed by atoms with E-state index in [2.05, 4.69) is 34.9 Å². The number of hydrogen-bond donors (Lipinski definition) is 4. The van der Waals surface area contributed by atoms with Crippen molar-refractivity contribution < 1.29 is 14.4 Å². The summed E-state index contributed by atoms with van der Waals surface area (Å²) in [5, 5.41) is 4.91. The summed E-state index contributed by atoms with van der Waals surface area (Å²) in [7, 11) is 0. The molecule has 2 aromatic rings. The Morgan fingerprint density at radius 1 is 0.778 bits per heavy atom. The van der Waals surface area contributed by atoms with E-state index >= 15 is 0 Å². The van der Waals surface area contributed by atoms with Crippen molar-refractivity contribution in [3.63, 3.8) is 0 Å². The van der Waals surface area contributed by atoms with Crippen LogP contribution in [0.5, 0.6) is 0 Å². The molecule has 36 heavy (non-hydrogen) atoms. The molecule has 0 saturated heterocycles. The van der Waals surface area contributed by atoms with Crippen LogP contribution in [0.25, 0.3) is 0 Å². The second-order valence-corrected chi connectivity index (χ2v) is 8.72. The van der Waals surface area contributed by atoms with Gasteiger partial charge in [0.25, 0.3) is 0 Å². The third-order valence-electron chi connectivity index (χ3n) is 5.73. The number of halogens is 2. The standard InChI is InChI=1S/C27H38N4O3.2ClH/c1-20(30-27(34)24(29)13-7-8-18-28)26(33)31-25(32)19-23-16-14-22(15-17-23)12-6-5-11-21-9-3-2-4-10-21;;/h2-4,9-10,14-17,20,24H,5-8,11-13,18-19,28-29H2,1H3,(H,30,34)(H,31,32,33);2*1H/t20-,24-;;/m0../s1. The molecule has 0 unspecified atom stereocenters. The van der Waals surface area contributed by atoms with Crippen LogP contribution in [0.15, 0.2) is 54.6 Å². The molecule has 0 radical (unpaired) electrons. The van der Waals surface area contributed by atoms with Crippen LogP contribution in [-0.2, 0) is 33.6 Å². The van der Waals surface area contributed by atoms with Crippen LogP contribution in [0.1, 0.15) is 55.7 Å². The Balaban J connectivity index is 0.00000612. The average molecular weight is 540 g/mol. The number of aryl methyl sites for hydroxylation is 2. The summed E-state index contributed by atoms with van der Waals surface area (Å²) in [6, 6.07) is 16.8. The third-order valence-corrected chi connectivity index (χ3v) is 5.73. The minimum Gasteiger partial charge on any atom is -0.343 e. The molecule has 0 aliphatic rings. The molecule has 0 bridgehead atoms. The van der Waals surface area contributed by atoms with Gasteiger partial charge in [0.2, 0.25) is 17.7 Å². The highest BCUT2D eigenvalue weighted by Crippen LogP contribution is 2.11. The molecule has 2 aromatic carbocycles. The van der Waals surface area contributed by atoms with Crippen molar-refractivity contribution in [1.82, 2.24) is 10.6 Å². The van der Waals surface area contributed by atoms with Crippen molar-refractivity contribution in [2.45, 2.75) is 70.4 Å². The number of benzene rings is 2. The number of rotatable bonds is 14. The van der Waals surface area contributed by atoms with Crippen LogP contribution in [0.3, 0.4) is 0 Å². The van der Waals surface area contributed by atoms with Crippen LogP contribution in [-0.4, -0.2) is 36.3 Å². The maximum atomic E-state index is 12.3. The van der Waals surface area contributed by atoms with Gasteiger partial charge in [-0.25, -0.2) is 0 Å². The number of nitrogens with one attached hydrogen (secondary N) is 2. The van der Waals surface area contributed by atoms with E-state index in [1.165, 1.54) is 18.1 Å². The highest BCUT2D eigenvalue weighted by molar-refractivity contribution is 6.00. The zero-order valence-electron chi connectivity index (χ0n) is 20.9. The van der Waals surface area contributed by atoms with E-state index in [-0.39, 0.29) is 31.2 Å². The van der Waals surface area contributed by atoms with Gasteiger partial charge in [0.15, 0.2) is 0 Å². The van der Waals surface area contributed by atoms with Crippen LogP contribution in [0.4, 0.5) is 0 Å². The van der Waals surface area contributed by atoms with Crippen molar-refractivity contribution in [2.24, 2.45) is 11.5 Å². The number of amides is 3. The van der Waals surface area contributed by atoms with Gasteiger partial charge < -0.3 is 16.8 Å². The van der Waals surface area contributed by atoms with E-state index in [4.69, 9.17) is 11.5 Å². The number of unbranched alkanes of at least 4 members (excludes halogenated alkanes) is 2. The molecule has 2 atom stereocenters. The molecule has 9 heteroatoms. The molecule has 0 aliphatic carbocycles. The van der Waals surface area contributed by atoms with Gasteiger partial charge in [-0.15, -0.1) is 24.8 Å². The maximum Gasteiger partial charge on any atom is 0.248 e. The molecule has 200 valence electrons. The van der Waals surface area contributed by atoms with Gasteiger partial charge in [-0.2, -0.15) is 0 Å². The van der Waals surface area contributed by atoms with Crippen LogP contribution in [0, 0.1) is 0 Å². The fourth-order valence-corrected chi connectivity index (χ4v) is 3.63. The second kappa shape index (κ2) is 18.8. The van der Waals surface area contributed by atoms with Crippen molar-refractivity contribution in [3.05, 3.63) is 71.3 Å². The predicted octanol–water partition coefficient (Wildman–Crippen LogP) is 3.24. The molecular formula is C27H40Cl2N4O3. The van der Waals surface area contributed by atoms with Gasteiger partial charge >= 0.3 is 0 Å². The van der Waals surface area contributed by atoms with Crippen molar-refractivity contribution in [2.75, 3.05) is 6.54 Å². The monoisotopic (exact) mass is 538 g/mol. The smallest absolute Gasteiger partial charge is 0.248 e. The maximum absolute atomic E-state index is 12.3. The SMILES string of the molecule is C[C@H](NC(=O)[C@@H](N)CCCCN)C(=O)NC(=O)Cc1ccc(CCCCc2ccccc2)cc1.Cl.Cl. The van der Waals surface area contributed by atoms with Gasteiger partial charge in [0.05, 0.1) is 12.5 Å². The highest BCUT2D eigenvalue weighted by Gasteiger charge is 2.21. The Hall–Kier alpha value is -2.45. The lowest BCUT2D eigenvalue weighted by atomic mass is 10.0. The lowest BCUT2D eigenvalue weighted by molar-refractivity contribution is -0.134. The minimum absolute atomic E-state index is 0. The first-order valence-corrected chi connectivity index (χ1v) is 12.1. The molecule has 0 spiro atoms. The van der Waals surface area contributed by atoms with Crippen molar-refractivity contribution >= 4 is 42.5 Å². The quantitative estimate of drug-likeness (QED) is 0.274. The van der Waals surface area contributed by atoms with Gasteiger partial charge in [-0.3, -0.25) is 19.7 Å². The average Bonchev–Trinajstić information content (AvgIpc) is 2.83. The first-order chi connectivity index (χ1) is 16.4. The van der Waals surface area contributed by atoms with E-state index in [0.29, 0.717) is 13.0 Å². The summed E-state index contributed by atoms with van der Waals surface area (Å²) in [6.07, 6.45) is 6.43. The van der Waals surface area contributed by atoms with Crippen LogP contribution < -0.4 is 22.1 Å². The Kier molecular flexibility index (Phi) is 17.5. The van der Waals surface area contributed by atoms with Crippen molar-refractivity contribution in [3.8, 4) is 0 Å². The fourth-order valence-electron chi connectivity index (χ4n) is 3.63. The predicted molar refractivity (Wildman–Crippen MR) is 149 cm³/mol. The van der Waals surface area contributed by atoms with Crippen LogP contribution >= 0.6 is 24.8 Å². The molecule has 3 amide bonds. The zero-order valence-corrected chi connectivity index (χ0v) is 22.5. The fraction of sp³-hybridized carbons (Fsp3) is 0.444. The molecule has 2 rings (SSSR count). The van der Waals surface area contributed by atoms with E-state index in [1.54, 1.807) is 0 Å². The van der Waals surface area contributed by atoms with E-state index in [1.807, 2.05) is 30.3 Å². The number of imide groups is 1. The summed E-state index contributed by atoms with van der Waals surface area (Å²) in [6.45, 7) is 2.08. The molecule has 0 saturated carbocycles. The van der Waals surface area contributed by atoms with Gasteiger partial charge in [0.1, 0.15) is 6.04 Å². The Morgan fingerprint density at radius 3 is 1.92 bits per heavy atom. The normalized spacial score (nSPS) is 11.9. The molecular weight excluding hydrogens is 499 g/mol. The number of hydrogen-bond acceptors (Lipinski definition) is 5. The van der Waals surface area contributed by atoms with Crippen LogP contribution in [0.2, 0.25) is 0 Å². The van der Waals surface area contributed by atoms with Gasteiger partial charge in [-0.1, -0.05) is 61.0 Å². The lowest BCUT2D eigenvalue weighted by Gasteiger charge is -2.17. The minimum atomic E-state index is -0.852. The summed E-state index contributed by atoms with van der Waals surface area (Å²) in [4.78, 5) is 36.6. The summed E-state index contributed by atoms with van der Waals surface area (Å²) < 4.78 is 0. The third kappa shape index (κ3) is 13.0. The molecule has 0 aromatic heterocycles. The number of nitrogens with two attached hydrogens (primary N) is 2. The van der Waals surface area contributed by atoms with Gasteiger partial charge in [-0.05, 0) is 68.7 Å². The van der Waals surface area contributed by atoms with Gasteiger partial charge in [0, 0.05) is 0 Å². The largest absolute Gasteiger partial charge is 0.343 e. The molecule has 0 heterocycles. The Morgan fingerprint density at radius 2 is 1.33 bits per heavy atom. The summed E-state index contributed by atoms with van der Waals surface area (Å²) in [5.74, 6) is -1.37.